The molecule has 3 fully saturated rings. The molecule has 4 unspecified atom stereocenters. The molecule has 5 heteroatoms. The summed E-state index contributed by atoms with van der Waals surface area (Å²) in [7, 11) is 0. The number of hydrogen-bond acceptors (Lipinski definition) is 5. The molecule has 0 aromatic carbocycles. The lowest BCUT2D eigenvalue weighted by atomic mass is 9.56. The van der Waals surface area contributed by atoms with Gasteiger partial charge in [-0.15, -0.1) is 0 Å². The van der Waals surface area contributed by atoms with E-state index in [1.807, 2.05) is 33.8 Å². The molecule has 3 aliphatic carbocycles. The lowest BCUT2D eigenvalue weighted by molar-refractivity contribution is -0.180. The van der Waals surface area contributed by atoms with Crippen molar-refractivity contribution in [1.82, 2.24) is 0 Å². The van der Waals surface area contributed by atoms with Crippen LogP contribution in [0.4, 0.5) is 0 Å². The van der Waals surface area contributed by atoms with E-state index in [2.05, 4.69) is 13.8 Å². The van der Waals surface area contributed by atoms with E-state index in [1.54, 1.807) is 13.8 Å². The minimum absolute atomic E-state index is 0.0863. The van der Waals surface area contributed by atoms with Crippen molar-refractivity contribution in [2.75, 3.05) is 0 Å². The van der Waals surface area contributed by atoms with Crippen molar-refractivity contribution >= 4 is 11.6 Å². The van der Waals surface area contributed by atoms with Gasteiger partial charge in [-0.1, -0.05) is 39.3 Å². The largest absolute Gasteiger partial charge is 0.391 e. The Labute approximate surface area is 187 Å². The van der Waals surface area contributed by atoms with Crippen LogP contribution in [0.1, 0.15) is 81.1 Å². The maximum absolute atomic E-state index is 13.9. The highest BCUT2D eigenvalue weighted by molar-refractivity contribution is 6.07. The Hall–Kier alpha value is -1.04. The first kappa shape index (κ1) is 24.6. The molecule has 3 rings (SSSR count). The zero-order valence-corrected chi connectivity index (χ0v) is 20.5. The summed E-state index contributed by atoms with van der Waals surface area (Å²) in [5.74, 6) is -1.84. The number of allylic oxidation sites excluding steroid dienone is 2. The topological polar surface area (TPSA) is 94.8 Å². The lowest BCUT2D eigenvalue weighted by Gasteiger charge is -2.50. The Morgan fingerprint density at radius 3 is 2.26 bits per heavy atom. The van der Waals surface area contributed by atoms with Crippen molar-refractivity contribution in [1.29, 1.82) is 0 Å². The van der Waals surface area contributed by atoms with Crippen LogP contribution in [0.3, 0.4) is 0 Å². The maximum Gasteiger partial charge on any atom is 0.155 e. The summed E-state index contributed by atoms with van der Waals surface area (Å²) in [6, 6.07) is 0. The third-order valence-corrected chi connectivity index (χ3v) is 8.93. The molecule has 31 heavy (non-hydrogen) atoms. The Morgan fingerprint density at radius 1 is 1.19 bits per heavy atom. The Bertz CT molecular complexity index is 784. The molecule has 0 aromatic heterocycles. The van der Waals surface area contributed by atoms with Crippen molar-refractivity contribution in [2.45, 2.75) is 98.9 Å². The van der Waals surface area contributed by atoms with Crippen LogP contribution in [0.25, 0.3) is 0 Å². The molecule has 2 bridgehead atoms. The normalized spacial score (nSPS) is 41.4. The number of fused-ring (bicyclic) bond motifs is 1. The highest BCUT2D eigenvalue weighted by Gasteiger charge is 2.79. The molecule has 0 amide bonds. The molecule has 0 radical (unpaired) electrons. The van der Waals surface area contributed by atoms with Gasteiger partial charge in [-0.05, 0) is 70.1 Å². The summed E-state index contributed by atoms with van der Waals surface area (Å²) in [6.07, 6.45) is 1.21. The second kappa shape index (κ2) is 7.50. The third-order valence-electron chi connectivity index (χ3n) is 8.93. The van der Waals surface area contributed by atoms with E-state index in [0.29, 0.717) is 19.3 Å². The summed E-state index contributed by atoms with van der Waals surface area (Å²) in [4.78, 5) is 27.1. The molecule has 176 valence electrons. The highest BCUT2D eigenvalue weighted by atomic mass is 16.3. The first-order valence-corrected chi connectivity index (χ1v) is 11.8. The fourth-order valence-electron chi connectivity index (χ4n) is 7.62. The summed E-state index contributed by atoms with van der Waals surface area (Å²) < 4.78 is 0. The predicted molar refractivity (Wildman–Crippen MR) is 120 cm³/mol. The van der Waals surface area contributed by atoms with E-state index in [-0.39, 0.29) is 35.7 Å². The molecule has 7 atom stereocenters. The van der Waals surface area contributed by atoms with Crippen molar-refractivity contribution in [2.24, 2.45) is 39.9 Å². The molecule has 0 aliphatic heterocycles. The van der Waals surface area contributed by atoms with Crippen LogP contribution in [0.15, 0.2) is 11.6 Å². The van der Waals surface area contributed by atoms with Crippen LogP contribution in [0, 0.1) is 39.9 Å². The fraction of sp³-hybridized carbons (Fsp3) is 0.846. The zero-order chi connectivity index (χ0) is 23.7. The van der Waals surface area contributed by atoms with Crippen LogP contribution in [0.2, 0.25) is 0 Å². The number of ketones is 2. The monoisotopic (exact) mass is 434 g/mol. The molecule has 5 nitrogen and oxygen atoms in total. The van der Waals surface area contributed by atoms with Crippen LogP contribution in [-0.4, -0.2) is 44.7 Å². The van der Waals surface area contributed by atoms with Gasteiger partial charge in [0.25, 0.3) is 0 Å². The minimum Gasteiger partial charge on any atom is -0.391 e. The van der Waals surface area contributed by atoms with Crippen LogP contribution >= 0.6 is 0 Å². The van der Waals surface area contributed by atoms with Gasteiger partial charge in [-0.2, -0.15) is 0 Å². The number of Topliss-reactive ketones (excluding diaryl/α,β-unsaturated/α-hetero) is 2. The first-order valence-electron chi connectivity index (χ1n) is 11.8. The summed E-state index contributed by atoms with van der Waals surface area (Å²) in [5, 5.41) is 34.4. The van der Waals surface area contributed by atoms with Gasteiger partial charge < -0.3 is 15.3 Å². The smallest absolute Gasteiger partial charge is 0.155 e. The lowest BCUT2D eigenvalue weighted by Crippen LogP contribution is -2.63. The molecule has 1 spiro atoms. The average Bonchev–Trinajstić information content (AvgIpc) is 2.97. The number of rotatable bonds is 6. The number of carbonyl (C=O) groups is 2. The number of hydrogen-bond donors (Lipinski definition) is 3. The number of carbonyl (C=O) groups excluding carboxylic acids is 2. The zero-order valence-electron chi connectivity index (χ0n) is 20.5. The van der Waals surface area contributed by atoms with Crippen molar-refractivity contribution in [3.63, 3.8) is 0 Å². The van der Waals surface area contributed by atoms with Crippen molar-refractivity contribution in [3.8, 4) is 0 Å². The van der Waals surface area contributed by atoms with Gasteiger partial charge in [-0.25, -0.2) is 0 Å². The molecular formula is C26H42O5. The quantitative estimate of drug-likeness (QED) is 0.438. The second-order valence-electron chi connectivity index (χ2n) is 12.5. The fourth-order valence-corrected chi connectivity index (χ4v) is 7.62. The Kier molecular flexibility index (Phi) is 5.95. The van der Waals surface area contributed by atoms with Gasteiger partial charge in [0.05, 0.1) is 23.2 Å². The average molecular weight is 435 g/mol. The van der Waals surface area contributed by atoms with E-state index in [9.17, 15) is 24.9 Å². The molecule has 3 N–H and O–H groups in total. The Balaban J connectivity index is 2.19. The van der Waals surface area contributed by atoms with Crippen molar-refractivity contribution < 1.29 is 24.9 Å². The number of aliphatic hydroxyl groups is 3. The molecule has 3 saturated carbocycles. The number of aliphatic hydroxyl groups excluding tert-OH is 2. The maximum atomic E-state index is 13.9. The van der Waals surface area contributed by atoms with Crippen molar-refractivity contribution in [3.05, 3.63) is 11.6 Å². The predicted octanol–water partition coefficient (Wildman–Crippen LogP) is 3.69. The van der Waals surface area contributed by atoms with Gasteiger partial charge in [-0.3, -0.25) is 9.59 Å². The Morgan fingerprint density at radius 2 is 1.77 bits per heavy atom. The first-order chi connectivity index (χ1) is 14.0. The van der Waals surface area contributed by atoms with Crippen LogP contribution in [0.5, 0.6) is 0 Å². The van der Waals surface area contributed by atoms with Gasteiger partial charge >= 0.3 is 0 Å². The standard InChI is InChI=1S/C26H42O5/c1-14(2)9-10-25-12-18-23(5,6)17(24(7,8)31)13-26(18,22(25)30)21(29)19(20(25)28)16(27)11-15(3)4/h9,15,17-19,21-22,29-31H,10-13H2,1-8H3/t17-,18+,19?,21?,22?,25?,26-/m0/s1. The third kappa shape index (κ3) is 3.38. The van der Waals surface area contributed by atoms with Crippen LogP contribution in [-0.2, 0) is 9.59 Å². The van der Waals surface area contributed by atoms with E-state index in [1.165, 1.54) is 0 Å². The highest BCUT2D eigenvalue weighted by Crippen LogP contribution is 2.75. The van der Waals surface area contributed by atoms with Crippen LogP contribution < -0.4 is 0 Å². The summed E-state index contributed by atoms with van der Waals surface area (Å²) in [6.45, 7) is 15.5. The molecule has 0 heterocycles. The summed E-state index contributed by atoms with van der Waals surface area (Å²) >= 11 is 0. The molecule has 0 aromatic rings. The van der Waals surface area contributed by atoms with Gasteiger partial charge in [0, 0.05) is 11.8 Å². The van der Waals surface area contributed by atoms with E-state index >= 15 is 0 Å². The SMILES string of the molecule is CC(C)=CCC12C[C@@H]3C(C)(C)[C@@H](C(C)(C)O)C[C@]3(C(O)C(C(=O)CC(C)C)C1=O)C2O. The van der Waals surface area contributed by atoms with E-state index in [0.717, 1.165) is 5.57 Å². The van der Waals surface area contributed by atoms with Gasteiger partial charge in [0.2, 0.25) is 0 Å². The van der Waals surface area contributed by atoms with E-state index in [4.69, 9.17) is 0 Å². The second-order valence-corrected chi connectivity index (χ2v) is 12.5. The van der Waals surface area contributed by atoms with Gasteiger partial charge in [0.15, 0.2) is 5.78 Å². The molecule has 3 aliphatic rings. The molecule has 0 saturated heterocycles. The minimum atomic E-state index is -1.22. The van der Waals surface area contributed by atoms with Gasteiger partial charge in [0.1, 0.15) is 11.7 Å². The summed E-state index contributed by atoms with van der Waals surface area (Å²) in [5.41, 5.74) is -2.35. The molecular weight excluding hydrogens is 392 g/mol. The van der Waals surface area contributed by atoms with E-state index < -0.39 is 40.0 Å².